The lowest BCUT2D eigenvalue weighted by Gasteiger charge is -2.13. The van der Waals surface area contributed by atoms with Crippen molar-refractivity contribution in [1.29, 1.82) is 0 Å². The Labute approximate surface area is 134 Å². The molecule has 1 aromatic carbocycles. The zero-order chi connectivity index (χ0) is 15.8. The average Bonchev–Trinajstić information content (AvgIpc) is 2.80. The molecule has 1 atom stereocenters. The van der Waals surface area contributed by atoms with Crippen LogP contribution < -0.4 is 10.5 Å². The van der Waals surface area contributed by atoms with Gasteiger partial charge in [-0.25, -0.2) is 22.5 Å². The summed E-state index contributed by atoms with van der Waals surface area (Å²) in [5.41, 5.74) is 6.03. The molecule has 3 N–H and O–H groups in total. The number of sulfonamides is 1. The van der Waals surface area contributed by atoms with Gasteiger partial charge in [0, 0.05) is 15.5 Å². The van der Waals surface area contributed by atoms with Crippen molar-refractivity contribution in [2.45, 2.75) is 24.8 Å². The molecule has 2 rings (SSSR count). The van der Waals surface area contributed by atoms with Crippen molar-refractivity contribution >= 4 is 43.0 Å². The predicted octanol–water partition coefficient (Wildman–Crippen LogP) is 2.97. The van der Waals surface area contributed by atoms with Crippen LogP contribution in [0.4, 0.5) is 10.1 Å². The van der Waals surface area contributed by atoms with E-state index in [1.54, 1.807) is 6.92 Å². The topological polar surface area (TPSA) is 85.1 Å². The average molecular weight is 394 g/mol. The number of rotatable bonds is 4. The van der Waals surface area contributed by atoms with Crippen molar-refractivity contribution in [1.82, 2.24) is 9.71 Å². The Hall–Kier alpha value is -1.03. The fourth-order valence-electron chi connectivity index (χ4n) is 1.67. The molecule has 0 aliphatic heterocycles. The van der Waals surface area contributed by atoms with E-state index in [1.165, 1.54) is 11.3 Å². The highest BCUT2D eigenvalue weighted by Gasteiger charge is 2.23. The Morgan fingerprint density at radius 2 is 2.14 bits per heavy atom. The Morgan fingerprint density at radius 3 is 2.71 bits per heavy atom. The Balaban J connectivity index is 2.32. The fourth-order valence-corrected chi connectivity index (χ4v) is 4.80. The normalized spacial score (nSPS) is 13.3. The van der Waals surface area contributed by atoms with Crippen LogP contribution in [0.25, 0.3) is 0 Å². The minimum absolute atomic E-state index is 0.110. The summed E-state index contributed by atoms with van der Waals surface area (Å²) in [6.45, 7) is 3.52. The largest absolute Gasteiger partial charge is 0.396 e. The molecule has 0 amide bonds. The van der Waals surface area contributed by atoms with Crippen molar-refractivity contribution in [2.75, 3.05) is 5.73 Å². The Bertz CT molecular complexity index is 777. The molecule has 0 bridgehead atoms. The quantitative estimate of drug-likeness (QED) is 0.781. The van der Waals surface area contributed by atoms with Gasteiger partial charge in [-0.15, -0.1) is 11.3 Å². The van der Waals surface area contributed by atoms with Crippen molar-refractivity contribution in [3.8, 4) is 0 Å². The SMILES string of the molecule is Cc1csc(C(C)NS(=O)(=O)c2cc(N)c(F)cc2Br)n1. The van der Waals surface area contributed by atoms with Crippen LogP contribution in [0.15, 0.2) is 26.9 Å². The molecule has 114 valence electrons. The van der Waals surface area contributed by atoms with Crippen molar-refractivity contribution in [2.24, 2.45) is 0 Å². The lowest BCUT2D eigenvalue weighted by atomic mass is 10.3. The molecule has 2 aromatic rings. The summed E-state index contributed by atoms with van der Waals surface area (Å²) < 4.78 is 40.6. The molecule has 1 aromatic heterocycles. The first-order valence-corrected chi connectivity index (χ1v) is 9.05. The summed E-state index contributed by atoms with van der Waals surface area (Å²) in [7, 11) is -3.85. The zero-order valence-corrected chi connectivity index (χ0v) is 14.4. The van der Waals surface area contributed by atoms with E-state index < -0.39 is 21.9 Å². The van der Waals surface area contributed by atoms with Crippen LogP contribution in [0, 0.1) is 12.7 Å². The Kier molecular flexibility index (Phi) is 4.66. The molecular formula is C12H13BrFN3O2S2. The second-order valence-corrected chi connectivity index (χ2v) is 7.90. The number of hydrogen-bond acceptors (Lipinski definition) is 5. The second-order valence-electron chi connectivity index (χ2n) is 4.47. The summed E-state index contributed by atoms with van der Waals surface area (Å²) in [4.78, 5) is 4.13. The molecular weight excluding hydrogens is 381 g/mol. The lowest BCUT2D eigenvalue weighted by Crippen LogP contribution is -2.27. The van der Waals surface area contributed by atoms with Crippen LogP contribution in [0.1, 0.15) is 23.7 Å². The molecule has 1 heterocycles. The second kappa shape index (κ2) is 5.99. The number of thiazole rings is 1. The van der Waals surface area contributed by atoms with Crippen LogP contribution in [-0.2, 0) is 10.0 Å². The van der Waals surface area contributed by atoms with Gasteiger partial charge < -0.3 is 5.73 Å². The molecule has 0 spiro atoms. The van der Waals surface area contributed by atoms with E-state index >= 15 is 0 Å². The van der Waals surface area contributed by atoms with Gasteiger partial charge in [0.05, 0.1) is 16.6 Å². The molecule has 0 saturated heterocycles. The number of aryl methyl sites for hydroxylation is 1. The van der Waals surface area contributed by atoms with Crippen molar-refractivity contribution in [3.05, 3.63) is 38.5 Å². The first-order chi connectivity index (χ1) is 9.70. The smallest absolute Gasteiger partial charge is 0.242 e. The molecule has 0 aliphatic rings. The fraction of sp³-hybridized carbons (Fsp3) is 0.250. The summed E-state index contributed by atoms with van der Waals surface area (Å²) >= 11 is 4.41. The van der Waals surface area contributed by atoms with Gasteiger partial charge in [-0.2, -0.15) is 0 Å². The first kappa shape index (κ1) is 16.3. The molecule has 0 aliphatic carbocycles. The molecule has 0 radical (unpaired) electrons. The molecule has 21 heavy (non-hydrogen) atoms. The standard InChI is InChI=1S/C12H13BrFN3O2S2/c1-6-5-20-12(16-6)7(2)17-21(18,19)11-4-10(15)9(14)3-8(11)13/h3-5,7,17H,15H2,1-2H3. The van der Waals surface area contributed by atoms with E-state index in [0.29, 0.717) is 5.01 Å². The third-order valence-corrected chi connectivity index (χ3v) is 6.32. The first-order valence-electron chi connectivity index (χ1n) is 5.89. The van der Waals surface area contributed by atoms with E-state index in [1.807, 2.05) is 12.3 Å². The maximum Gasteiger partial charge on any atom is 0.242 e. The van der Waals surface area contributed by atoms with E-state index in [-0.39, 0.29) is 15.1 Å². The van der Waals surface area contributed by atoms with Crippen LogP contribution in [0.5, 0.6) is 0 Å². The third kappa shape index (κ3) is 3.60. The van der Waals surface area contributed by atoms with Crippen LogP contribution in [0.3, 0.4) is 0 Å². The Morgan fingerprint density at radius 1 is 1.48 bits per heavy atom. The van der Waals surface area contributed by atoms with Crippen LogP contribution >= 0.6 is 27.3 Å². The maximum atomic E-state index is 13.3. The monoisotopic (exact) mass is 393 g/mol. The minimum Gasteiger partial charge on any atom is -0.396 e. The van der Waals surface area contributed by atoms with Gasteiger partial charge >= 0.3 is 0 Å². The van der Waals surface area contributed by atoms with E-state index in [4.69, 9.17) is 5.73 Å². The van der Waals surface area contributed by atoms with Crippen molar-refractivity contribution in [3.63, 3.8) is 0 Å². The summed E-state index contributed by atoms with van der Waals surface area (Å²) in [6, 6.07) is 1.62. The predicted molar refractivity (Wildman–Crippen MR) is 84.1 cm³/mol. The zero-order valence-electron chi connectivity index (χ0n) is 11.2. The van der Waals surface area contributed by atoms with E-state index in [2.05, 4.69) is 25.6 Å². The number of nitrogens with two attached hydrogens (primary N) is 1. The number of halogens is 2. The van der Waals surface area contributed by atoms with Gasteiger partial charge in [0.2, 0.25) is 10.0 Å². The van der Waals surface area contributed by atoms with E-state index in [0.717, 1.165) is 17.8 Å². The highest BCUT2D eigenvalue weighted by atomic mass is 79.9. The molecule has 0 fully saturated rings. The molecule has 5 nitrogen and oxygen atoms in total. The highest BCUT2D eigenvalue weighted by molar-refractivity contribution is 9.10. The number of benzene rings is 1. The summed E-state index contributed by atoms with van der Waals surface area (Å²) in [5.74, 6) is -0.676. The van der Waals surface area contributed by atoms with Gasteiger partial charge in [-0.05, 0) is 41.9 Å². The van der Waals surface area contributed by atoms with Gasteiger partial charge in [0.1, 0.15) is 10.8 Å². The molecule has 1 unspecified atom stereocenters. The number of anilines is 1. The minimum atomic E-state index is -3.85. The number of nitrogen functional groups attached to an aromatic ring is 1. The van der Waals surface area contributed by atoms with Gasteiger partial charge in [0.15, 0.2) is 0 Å². The number of hydrogen-bond donors (Lipinski definition) is 2. The third-order valence-electron chi connectivity index (χ3n) is 2.68. The number of nitrogens with one attached hydrogen (secondary N) is 1. The number of aromatic nitrogens is 1. The van der Waals surface area contributed by atoms with Crippen LogP contribution in [0.2, 0.25) is 0 Å². The molecule has 0 saturated carbocycles. The molecule has 9 heteroatoms. The summed E-state index contributed by atoms with van der Waals surface area (Å²) in [6.07, 6.45) is 0. The maximum absolute atomic E-state index is 13.3. The van der Waals surface area contributed by atoms with Gasteiger partial charge in [-0.1, -0.05) is 0 Å². The van der Waals surface area contributed by atoms with Crippen LogP contribution in [-0.4, -0.2) is 13.4 Å². The summed E-state index contributed by atoms with van der Waals surface area (Å²) in [5, 5.41) is 2.49. The van der Waals surface area contributed by atoms with E-state index in [9.17, 15) is 12.8 Å². The number of nitrogens with zero attached hydrogens (tertiary/aromatic N) is 1. The van der Waals surface area contributed by atoms with Gasteiger partial charge in [0.25, 0.3) is 0 Å². The highest BCUT2D eigenvalue weighted by Crippen LogP contribution is 2.28. The van der Waals surface area contributed by atoms with Gasteiger partial charge in [-0.3, -0.25) is 0 Å². The van der Waals surface area contributed by atoms with Crippen molar-refractivity contribution < 1.29 is 12.8 Å². The lowest BCUT2D eigenvalue weighted by molar-refractivity contribution is 0.565.